The number of unbranched alkanes of at least 4 members (excludes halogenated alkanes) is 6. The summed E-state index contributed by atoms with van der Waals surface area (Å²) >= 11 is 0. The molecule has 3 aromatic carbocycles. The topological polar surface area (TPSA) is 24.5 Å². The van der Waals surface area contributed by atoms with Crippen LogP contribution in [-0.4, -0.2) is 58.3 Å². The molecule has 312 valence electrons. The second-order valence-electron chi connectivity index (χ2n) is 19.1. The number of nitrogens with zero attached hydrogens (tertiary/aromatic N) is 3. The van der Waals surface area contributed by atoms with Crippen molar-refractivity contribution < 1.29 is 23.1 Å². The molecule has 0 amide bonds. The Labute approximate surface area is 348 Å². The molecule has 0 radical (unpaired) electrons. The molecule has 5 heteroatoms. The zero-order valence-electron chi connectivity index (χ0n) is 38.5. The van der Waals surface area contributed by atoms with Gasteiger partial charge in [0, 0.05) is 23.3 Å². The van der Waals surface area contributed by atoms with Gasteiger partial charge >= 0.3 is 6.03 Å². The largest absolute Gasteiger partial charge is 0.715 e. The summed E-state index contributed by atoms with van der Waals surface area (Å²) in [6.45, 7) is 32.5. The van der Waals surface area contributed by atoms with E-state index >= 15 is 0 Å². The monoisotopic (exact) mass is 779 g/mol. The molecular weight excluding hydrogens is 699 g/mol. The van der Waals surface area contributed by atoms with Crippen LogP contribution >= 0.6 is 0 Å². The van der Waals surface area contributed by atoms with Crippen LogP contribution in [0.1, 0.15) is 187 Å². The fourth-order valence-electron chi connectivity index (χ4n) is 9.11. The molecule has 0 fully saturated rings. The van der Waals surface area contributed by atoms with Crippen molar-refractivity contribution in [3.63, 3.8) is 0 Å². The Bertz CT molecular complexity index is 1850. The number of fused-ring (bicyclic) bond motifs is 5. The molecule has 6 rings (SSSR count). The molecule has 0 saturated carbocycles. The number of aryl methyl sites for hydroxylation is 2. The molecule has 57 heavy (non-hydrogen) atoms. The van der Waals surface area contributed by atoms with Crippen LogP contribution in [0.25, 0.3) is 0 Å². The van der Waals surface area contributed by atoms with Crippen LogP contribution in [0.2, 0.25) is 0 Å². The molecule has 0 saturated heterocycles. The van der Waals surface area contributed by atoms with Crippen LogP contribution in [0.3, 0.4) is 0 Å². The minimum Gasteiger partial charge on any atom is -0.339 e. The molecule has 3 aliphatic heterocycles. The number of quaternary nitrogens is 1. The minimum atomic E-state index is -1.19. The van der Waals surface area contributed by atoms with E-state index in [0.717, 1.165) is 46.8 Å². The third-order valence-electron chi connectivity index (χ3n) is 12.4. The maximum absolute atomic E-state index is 7.42. The molecule has 3 heterocycles. The van der Waals surface area contributed by atoms with E-state index in [1.54, 1.807) is 0 Å². The Morgan fingerprint density at radius 3 is 1.30 bits per heavy atom. The Morgan fingerprint density at radius 1 is 0.526 bits per heavy atom. The first-order valence-corrected chi connectivity index (χ1v) is 23.2. The van der Waals surface area contributed by atoms with E-state index in [2.05, 4.69) is 139 Å². The first-order valence-electron chi connectivity index (χ1n) is 23.2. The fraction of sp³-hybridized carbons (Fsp3) is 0.615. The van der Waals surface area contributed by atoms with Gasteiger partial charge in [-0.25, -0.2) is 0 Å². The van der Waals surface area contributed by atoms with Crippen molar-refractivity contribution in [2.45, 2.75) is 183 Å². The number of hydrogen-bond acceptors (Lipinski definition) is 2. The summed E-state index contributed by atoms with van der Waals surface area (Å²) < 4.78 is 20.6. The van der Waals surface area contributed by atoms with Crippen molar-refractivity contribution in [3.05, 3.63) is 81.9 Å². The number of hydrogen-bond donors (Lipinski definition) is 0. The highest BCUT2D eigenvalue weighted by Crippen LogP contribution is 2.52. The summed E-state index contributed by atoms with van der Waals surface area (Å²) in [7, 11) is 0. The summed E-state index contributed by atoms with van der Waals surface area (Å²) in [6, 6.07) is 17.1. The van der Waals surface area contributed by atoms with Crippen LogP contribution in [0.5, 0.6) is 11.5 Å². The maximum atomic E-state index is 7.42. The molecule has 3 aromatic rings. The summed E-state index contributed by atoms with van der Waals surface area (Å²) in [4.78, 5) is 0. The maximum Gasteiger partial charge on any atom is 0.715 e. The SMILES string of the molecule is CC.CCCCCc1cc2c(c(C(C)(C)C)c1)OC13Oc4c(cc(CCCC[N+](CCCC)(CCCC)CCCC)cc4C(C)(C)C)C=[N+]1c1ccccc1[N+]3=C2. The van der Waals surface area contributed by atoms with Crippen molar-refractivity contribution in [2.75, 3.05) is 26.2 Å². The Balaban J connectivity index is 0.00000305. The predicted molar refractivity (Wildman–Crippen MR) is 243 cm³/mol. The van der Waals surface area contributed by atoms with E-state index in [4.69, 9.17) is 9.47 Å². The predicted octanol–water partition coefficient (Wildman–Crippen LogP) is 13.5. The van der Waals surface area contributed by atoms with Gasteiger partial charge in [-0.15, -0.1) is 0 Å². The molecule has 0 aliphatic carbocycles. The molecule has 1 spiro atoms. The second-order valence-corrected chi connectivity index (χ2v) is 19.1. The van der Waals surface area contributed by atoms with Crippen molar-refractivity contribution in [3.8, 4) is 11.5 Å². The van der Waals surface area contributed by atoms with Gasteiger partial charge < -0.3 is 14.0 Å². The van der Waals surface area contributed by atoms with Gasteiger partial charge in [0.25, 0.3) is 11.4 Å². The number of ether oxygens (including phenoxy) is 2. The van der Waals surface area contributed by atoms with Crippen LogP contribution in [0.15, 0.2) is 48.5 Å². The Morgan fingerprint density at radius 2 is 0.912 bits per heavy atom. The van der Waals surface area contributed by atoms with E-state index in [-0.39, 0.29) is 10.8 Å². The standard InChI is InChI=1S/C50H74N3O2.C2H6/c1-11-15-19-24-38-32-40-36-51-44-26-20-21-27-45(44)52-37-41-33-39(25-22-23-31-53(28-16-12-2,29-17-13-3)30-18-14-4)35-43(49(8,9)10)47(41)55-50(51,52)54-46(40)42(34-38)48(5,6)7;1-2/h20-21,26-27,32-37H,11-19,22-25,28-31H2,1-10H3;1-2H3/q+3;. The van der Waals surface area contributed by atoms with Gasteiger partial charge in [-0.05, 0) is 94.6 Å². The first kappa shape index (κ1) is 44.7. The van der Waals surface area contributed by atoms with E-state index in [1.807, 2.05) is 13.8 Å². The molecule has 1 unspecified atom stereocenters. The Kier molecular flexibility index (Phi) is 15.0. The van der Waals surface area contributed by atoms with E-state index < -0.39 is 6.03 Å². The van der Waals surface area contributed by atoms with Crippen molar-refractivity contribution in [1.29, 1.82) is 0 Å². The second kappa shape index (κ2) is 19.1. The molecular formula is C52H80N3O2+3. The van der Waals surface area contributed by atoms with Crippen LogP contribution < -0.4 is 9.47 Å². The lowest BCUT2D eigenvalue weighted by Crippen LogP contribution is -2.59. The van der Waals surface area contributed by atoms with Crippen molar-refractivity contribution in [1.82, 2.24) is 0 Å². The van der Waals surface area contributed by atoms with Gasteiger partial charge in [0.2, 0.25) is 0 Å². The highest BCUT2D eigenvalue weighted by molar-refractivity contribution is 5.87. The smallest absolute Gasteiger partial charge is 0.339 e. The molecule has 3 aliphatic rings. The van der Waals surface area contributed by atoms with Gasteiger partial charge in [-0.3, -0.25) is 0 Å². The zero-order valence-corrected chi connectivity index (χ0v) is 38.5. The van der Waals surface area contributed by atoms with E-state index in [0.29, 0.717) is 0 Å². The third kappa shape index (κ3) is 9.72. The molecule has 0 bridgehead atoms. The third-order valence-corrected chi connectivity index (χ3v) is 12.4. The van der Waals surface area contributed by atoms with Crippen LogP contribution in [0, 0.1) is 0 Å². The van der Waals surface area contributed by atoms with Crippen LogP contribution in [0.4, 0.5) is 11.4 Å². The first-order chi connectivity index (χ1) is 27.3. The molecule has 5 nitrogen and oxygen atoms in total. The number of benzene rings is 3. The number of rotatable bonds is 18. The van der Waals surface area contributed by atoms with Crippen molar-refractivity contribution >= 4 is 23.8 Å². The van der Waals surface area contributed by atoms with E-state index in [9.17, 15) is 0 Å². The number of para-hydroxylation sites is 2. The normalized spacial score (nSPS) is 16.8. The minimum absolute atomic E-state index is 0.101. The summed E-state index contributed by atoms with van der Waals surface area (Å²) in [6.07, 6.45) is 20.8. The molecule has 1 atom stereocenters. The Hall–Kier alpha value is -3.44. The summed E-state index contributed by atoms with van der Waals surface area (Å²) in [5.41, 5.74) is 9.52. The van der Waals surface area contributed by atoms with Crippen LogP contribution in [-0.2, 0) is 23.7 Å². The average Bonchev–Trinajstić information content (AvgIpc) is 3.46. The molecule has 0 N–H and O–H groups in total. The fourth-order valence-corrected chi connectivity index (χ4v) is 9.11. The highest BCUT2D eigenvalue weighted by Gasteiger charge is 2.73. The highest BCUT2D eigenvalue weighted by atomic mass is 16.7. The lowest BCUT2D eigenvalue weighted by atomic mass is 9.83. The zero-order chi connectivity index (χ0) is 41.4. The van der Waals surface area contributed by atoms with Gasteiger partial charge in [-0.1, -0.05) is 139 Å². The van der Waals surface area contributed by atoms with Gasteiger partial charge in [0.05, 0.1) is 37.3 Å². The lowest BCUT2D eigenvalue weighted by molar-refractivity contribution is -0.929. The van der Waals surface area contributed by atoms with Gasteiger partial charge in [-0.2, -0.15) is 0 Å². The average molecular weight is 779 g/mol. The lowest BCUT2D eigenvalue weighted by Gasteiger charge is -2.39. The van der Waals surface area contributed by atoms with Gasteiger partial charge in [0.1, 0.15) is 0 Å². The molecule has 0 aromatic heterocycles. The quantitative estimate of drug-likeness (QED) is 0.0730. The summed E-state index contributed by atoms with van der Waals surface area (Å²) in [5, 5.41) is 0. The van der Waals surface area contributed by atoms with E-state index in [1.165, 1.54) is 124 Å². The summed E-state index contributed by atoms with van der Waals surface area (Å²) in [5.74, 6) is 1.86. The van der Waals surface area contributed by atoms with Gasteiger partial charge in [0.15, 0.2) is 23.9 Å². The van der Waals surface area contributed by atoms with Crippen molar-refractivity contribution in [2.24, 2.45) is 0 Å².